The molecule has 0 amide bonds. The number of allylic oxidation sites excluding steroid dienone is 2. The monoisotopic (exact) mass is 1360 g/mol. The molecule has 0 saturated heterocycles. The number of benzene rings is 2. The van der Waals surface area contributed by atoms with Gasteiger partial charge in [-0.1, -0.05) is 249 Å². The van der Waals surface area contributed by atoms with Gasteiger partial charge in [0, 0.05) is 22.8 Å². The second-order valence-corrected chi connectivity index (χ2v) is 31.8. The van der Waals surface area contributed by atoms with Gasteiger partial charge in [0.15, 0.2) is 0 Å². The quantitative estimate of drug-likeness (QED) is 0.0358. The molecular formula is C92H166N2Ni. The molecule has 0 fully saturated rings. The SMILES string of the molecule is CCCCC1=C(c2cc(CCCC)c(CCCC)c(CCCC)c2)[N+](=[N-])C(c2cc(CCCC)c(CCCC)c(CCCC)c2)=C1.CCCCCCCCCCCCCCCCCCCCCCC[CH2][Ni][CH2]CCCCCCCCCCCCCCCCCCCCCCC. The summed E-state index contributed by atoms with van der Waals surface area (Å²) in [7, 11) is 0. The van der Waals surface area contributed by atoms with E-state index in [9.17, 15) is 5.53 Å². The zero-order valence-corrected chi connectivity index (χ0v) is 67.0. The second kappa shape index (κ2) is 66.6. The Morgan fingerprint density at radius 3 is 0.705 bits per heavy atom. The molecule has 0 aliphatic carbocycles. The van der Waals surface area contributed by atoms with E-state index in [-0.39, 0.29) is 0 Å². The van der Waals surface area contributed by atoms with Gasteiger partial charge in [-0.3, -0.25) is 0 Å². The molecule has 95 heavy (non-hydrogen) atoms. The van der Waals surface area contributed by atoms with Gasteiger partial charge in [-0.05, 0) is 148 Å². The predicted octanol–water partition coefficient (Wildman–Crippen LogP) is 32.8. The van der Waals surface area contributed by atoms with Gasteiger partial charge in [0.05, 0.1) is 0 Å². The number of hydrogen-bond donors (Lipinski definition) is 0. The van der Waals surface area contributed by atoms with Gasteiger partial charge in [-0.25, -0.2) is 4.70 Å². The molecule has 2 aromatic rings. The molecule has 0 unspecified atom stereocenters. The molecule has 554 valence electrons. The molecule has 2 aromatic carbocycles. The van der Waals surface area contributed by atoms with Crippen LogP contribution in [-0.2, 0) is 53.0 Å². The van der Waals surface area contributed by atoms with Gasteiger partial charge >= 0.3 is 166 Å². The minimum absolute atomic E-state index is 0.971. The van der Waals surface area contributed by atoms with E-state index >= 15 is 0 Å². The van der Waals surface area contributed by atoms with Crippen LogP contribution >= 0.6 is 0 Å². The normalized spacial score (nSPS) is 12.5. The Labute approximate surface area is 603 Å². The van der Waals surface area contributed by atoms with Crippen molar-refractivity contribution in [3.05, 3.63) is 86.0 Å². The first-order valence-electron chi connectivity index (χ1n) is 43.6. The van der Waals surface area contributed by atoms with Gasteiger partial charge in [-0.2, -0.15) is 0 Å². The Balaban J connectivity index is 0.000000647. The molecule has 1 heterocycles. The van der Waals surface area contributed by atoms with E-state index < -0.39 is 0 Å². The topological polar surface area (TPSA) is 25.3 Å². The van der Waals surface area contributed by atoms with Crippen LogP contribution in [0.1, 0.15) is 486 Å². The zero-order valence-electron chi connectivity index (χ0n) is 66.0. The molecular weight excluding hydrogens is 1190 g/mol. The van der Waals surface area contributed by atoms with Crippen molar-refractivity contribution in [3.8, 4) is 0 Å². The van der Waals surface area contributed by atoms with Gasteiger partial charge in [0.2, 0.25) is 11.4 Å². The van der Waals surface area contributed by atoms with Crippen LogP contribution in [0.5, 0.6) is 0 Å². The fraction of sp³-hybridized carbons (Fsp3) is 0.826. The molecule has 3 heteroatoms. The Morgan fingerprint density at radius 1 is 0.242 bits per heavy atom. The number of nitrogens with zero attached hydrogens (tertiary/aromatic N) is 2. The summed E-state index contributed by atoms with van der Waals surface area (Å²) < 4.78 is 1.59. The van der Waals surface area contributed by atoms with Crippen LogP contribution < -0.4 is 0 Å². The van der Waals surface area contributed by atoms with Crippen molar-refractivity contribution in [2.45, 2.75) is 490 Å². The predicted molar refractivity (Wildman–Crippen MR) is 427 cm³/mol. The molecule has 0 radical (unpaired) electrons. The standard InChI is InChI=1S/C44H68N2.2C24H49.Ni/c1-8-15-22-34-29-39(30-35(23-16-9-2)41(34)27-20-13-6)43-33-38(26-19-12-5)44(46(43)45)40-31-36(24-17-10-3)42(28-21-14-7)37(32-40)25-18-11-4;2*1-3-5-7-9-11-13-15-17-19-21-23-24-22-20-18-16-14-12-10-8-6-4-2;/h29-33H,8-28H2,1-7H3;2*1,3-24H2,2H3;. The first-order chi connectivity index (χ1) is 46.9. The van der Waals surface area contributed by atoms with E-state index in [1.54, 1.807) is 15.8 Å². The Bertz CT molecular complexity index is 2000. The fourth-order valence-electron chi connectivity index (χ4n) is 14.8. The fourth-order valence-corrected chi connectivity index (χ4v) is 16.1. The Morgan fingerprint density at radius 2 is 0.453 bits per heavy atom. The van der Waals surface area contributed by atoms with Crippen LogP contribution in [0.2, 0.25) is 10.8 Å². The second-order valence-electron chi connectivity index (χ2n) is 30.3. The molecule has 0 bridgehead atoms. The van der Waals surface area contributed by atoms with E-state index in [1.807, 2.05) is 0 Å². The van der Waals surface area contributed by atoms with Crippen LogP contribution in [0.3, 0.4) is 0 Å². The number of aryl methyl sites for hydroxylation is 4. The summed E-state index contributed by atoms with van der Waals surface area (Å²) in [6.45, 7) is 20.7. The zero-order chi connectivity index (χ0) is 68.5. The molecule has 3 rings (SSSR count). The van der Waals surface area contributed by atoms with Crippen molar-refractivity contribution >= 4 is 11.4 Å². The van der Waals surface area contributed by atoms with Crippen LogP contribution in [0.15, 0.2) is 35.9 Å². The molecule has 0 N–H and O–H groups in total. The van der Waals surface area contributed by atoms with Gasteiger partial charge in [0.1, 0.15) is 0 Å². The average molecular weight is 1360 g/mol. The summed E-state index contributed by atoms with van der Waals surface area (Å²) in [5, 5.41) is 2.87. The van der Waals surface area contributed by atoms with Gasteiger partial charge < -0.3 is 5.53 Å². The number of rotatable bonds is 69. The van der Waals surface area contributed by atoms with Gasteiger partial charge in [-0.15, -0.1) is 0 Å². The minimum Gasteiger partial charge on any atom is -0.0654 e. The van der Waals surface area contributed by atoms with E-state index in [1.165, 1.54) is 422 Å². The smallest absolute Gasteiger partial charge is 0.0654 e. The molecule has 0 spiro atoms. The third-order valence-corrected chi connectivity index (χ3v) is 22.6. The summed E-state index contributed by atoms with van der Waals surface area (Å²) in [6.07, 6.45) is 92.3. The first-order valence-corrected chi connectivity index (χ1v) is 45.0. The van der Waals surface area contributed by atoms with Crippen molar-refractivity contribution in [3.63, 3.8) is 0 Å². The Kier molecular flexibility index (Phi) is 62.4. The number of unbranched alkanes of at least 4 members (excludes halogenated alkanes) is 49. The van der Waals surface area contributed by atoms with Crippen LogP contribution in [0, 0.1) is 0 Å². The van der Waals surface area contributed by atoms with Crippen molar-refractivity contribution in [2.75, 3.05) is 0 Å². The average Bonchev–Trinajstić information content (AvgIpc) is 1.65. The van der Waals surface area contributed by atoms with Crippen molar-refractivity contribution in [1.29, 1.82) is 0 Å². The maximum atomic E-state index is 12.2. The van der Waals surface area contributed by atoms with E-state index in [4.69, 9.17) is 0 Å². The molecule has 0 saturated carbocycles. The van der Waals surface area contributed by atoms with E-state index in [0.717, 1.165) is 56.3 Å². The third-order valence-electron chi connectivity index (χ3n) is 21.2. The minimum atomic E-state index is 0.971. The summed E-state index contributed by atoms with van der Waals surface area (Å²) in [5.74, 6) is 0. The summed E-state index contributed by atoms with van der Waals surface area (Å²) >= 11 is 2.05. The first kappa shape index (κ1) is 89.1. The third kappa shape index (κ3) is 45.5. The van der Waals surface area contributed by atoms with E-state index in [2.05, 4.69) is 107 Å². The Hall–Kier alpha value is -1.99. The van der Waals surface area contributed by atoms with Crippen LogP contribution in [0.25, 0.3) is 16.9 Å². The summed E-state index contributed by atoms with van der Waals surface area (Å²) in [4.78, 5) is 0. The molecule has 2 nitrogen and oxygen atoms in total. The number of hydrogen-bond acceptors (Lipinski definition) is 0. The van der Waals surface area contributed by atoms with Gasteiger partial charge in [0.25, 0.3) is 0 Å². The summed E-state index contributed by atoms with van der Waals surface area (Å²) in [6, 6.07) is 9.81. The molecule has 1 aliphatic rings. The maximum absolute atomic E-state index is 12.2. The molecule has 0 atom stereocenters. The van der Waals surface area contributed by atoms with Crippen molar-refractivity contribution in [2.24, 2.45) is 0 Å². The van der Waals surface area contributed by atoms with Crippen molar-refractivity contribution < 1.29 is 19.1 Å². The summed E-state index contributed by atoms with van der Waals surface area (Å²) in [5.41, 5.74) is 27.2. The van der Waals surface area contributed by atoms with E-state index in [0.29, 0.717) is 0 Å². The van der Waals surface area contributed by atoms with Crippen LogP contribution in [0.4, 0.5) is 0 Å². The van der Waals surface area contributed by atoms with Crippen molar-refractivity contribution in [1.82, 2.24) is 0 Å². The van der Waals surface area contributed by atoms with Crippen LogP contribution in [-0.4, -0.2) is 4.70 Å². The molecule has 0 aromatic heterocycles. The molecule has 1 aliphatic heterocycles.